The first-order valence-corrected chi connectivity index (χ1v) is 8.80. The quantitative estimate of drug-likeness (QED) is 0.830. The van der Waals surface area contributed by atoms with E-state index in [0.717, 1.165) is 17.8 Å². The molecule has 1 aromatic carbocycles. The Morgan fingerprint density at radius 3 is 2.85 bits per heavy atom. The predicted octanol–water partition coefficient (Wildman–Crippen LogP) is 3.12. The molecular formula is C19H26ClFN4O2. The number of anilines is 1. The molecule has 2 N–H and O–H groups in total. The van der Waals surface area contributed by atoms with Gasteiger partial charge in [0.25, 0.3) is 0 Å². The molecule has 0 bridgehead atoms. The minimum absolute atomic E-state index is 0. The predicted molar refractivity (Wildman–Crippen MR) is 105 cm³/mol. The van der Waals surface area contributed by atoms with Gasteiger partial charge in [0.1, 0.15) is 5.82 Å². The third kappa shape index (κ3) is 5.51. The number of aromatic nitrogens is 1. The fraction of sp³-hybridized carbons (Fsp3) is 0.474. The van der Waals surface area contributed by atoms with Crippen molar-refractivity contribution < 1.29 is 13.7 Å². The molecule has 0 aliphatic carbocycles. The van der Waals surface area contributed by atoms with Crippen LogP contribution in [0.5, 0.6) is 0 Å². The summed E-state index contributed by atoms with van der Waals surface area (Å²) in [6, 6.07) is 8.23. The van der Waals surface area contributed by atoms with Crippen molar-refractivity contribution in [2.75, 3.05) is 31.5 Å². The summed E-state index contributed by atoms with van der Waals surface area (Å²) in [7, 11) is 0. The van der Waals surface area contributed by atoms with Crippen LogP contribution in [0.2, 0.25) is 0 Å². The van der Waals surface area contributed by atoms with Crippen molar-refractivity contribution in [1.82, 2.24) is 15.4 Å². The number of amides is 1. The van der Waals surface area contributed by atoms with Gasteiger partial charge < -0.3 is 9.84 Å². The van der Waals surface area contributed by atoms with Gasteiger partial charge in [-0.15, -0.1) is 12.4 Å². The molecule has 1 amide bonds. The molecule has 3 rings (SSSR count). The zero-order valence-electron chi connectivity index (χ0n) is 15.8. The van der Waals surface area contributed by atoms with Crippen molar-refractivity contribution in [2.24, 2.45) is 0 Å². The molecule has 2 heterocycles. The highest BCUT2D eigenvalue weighted by atomic mass is 35.5. The van der Waals surface area contributed by atoms with Crippen LogP contribution < -0.4 is 10.6 Å². The first kappa shape index (κ1) is 21.3. The van der Waals surface area contributed by atoms with Gasteiger partial charge in [0.2, 0.25) is 11.8 Å². The lowest BCUT2D eigenvalue weighted by molar-refractivity contribution is -0.118. The molecule has 1 aromatic heterocycles. The Hall–Kier alpha value is -1.96. The highest BCUT2D eigenvalue weighted by Gasteiger charge is 2.26. The number of piperazine rings is 1. The van der Waals surface area contributed by atoms with Crippen LogP contribution in [0.15, 0.2) is 34.9 Å². The summed E-state index contributed by atoms with van der Waals surface area (Å²) in [6.45, 7) is 8.46. The summed E-state index contributed by atoms with van der Waals surface area (Å²) in [5.41, 5.74) is 1.50. The Balaban J connectivity index is 0.00000261. The van der Waals surface area contributed by atoms with E-state index >= 15 is 0 Å². The number of nitrogens with zero attached hydrogens (tertiary/aromatic N) is 2. The Bertz CT molecular complexity index is 775. The zero-order chi connectivity index (χ0) is 18.7. The van der Waals surface area contributed by atoms with Crippen LogP contribution in [0.25, 0.3) is 0 Å². The summed E-state index contributed by atoms with van der Waals surface area (Å²) in [4.78, 5) is 14.5. The number of carbonyl (C=O) groups is 1. The molecule has 1 aliphatic heterocycles. The van der Waals surface area contributed by atoms with E-state index in [1.807, 2.05) is 31.7 Å². The third-order valence-electron chi connectivity index (χ3n) is 4.48. The molecule has 1 atom stereocenters. The molecule has 0 radical (unpaired) electrons. The highest BCUT2D eigenvalue weighted by Crippen LogP contribution is 2.25. The summed E-state index contributed by atoms with van der Waals surface area (Å²) < 4.78 is 18.8. The summed E-state index contributed by atoms with van der Waals surface area (Å²) >= 11 is 0. The second-order valence-corrected chi connectivity index (χ2v) is 7.62. The van der Waals surface area contributed by atoms with Gasteiger partial charge >= 0.3 is 0 Å². The molecule has 1 saturated heterocycles. The fourth-order valence-corrected chi connectivity index (χ4v) is 3.03. The number of rotatable bonds is 4. The Morgan fingerprint density at radius 2 is 2.19 bits per heavy atom. The molecular weight excluding hydrogens is 371 g/mol. The Labute approximate surface area is 164 Å². The van der Waals surface area contributed by atoms with Crippen LogP contribution in [0.4, 0.5) is 10.3 Å². The summed E-state index contributed by atoms with van der Waals surface area (Å²) in [5, 5.41) is 10.1. The van der Waals surface area contributed by atoms with E-state index in [-0.39, 0.29) is 42.1 Å². The van der Waals surface area contributed by atoms with Gasteiger partial charge in [0.15, 0.2) is 0 Å². The van der Waals surface area contributed by atoms with Gasteiger partial charge in [-0.2, -0.15) is 0 Å². The number of carbonyl (C=O) groups excluding carboxylic acids is 1. The van der Waals surface area contributed by atoms with Crippen molar-refractivity contribution in [1.29, 1.82) is 0 Å². The third-order valence-corrected chi connectivity index (χ3v) is 4.48. The molecule has 2 aromatic rings. The second kappa shape index (κ2) is 8.82. The Morgan fingerprint density at radius 1 is 1.41 bits per heavy atom. The molecule has 1 aliphatic rings. The van der Waals surface area contributed by atoms with Gasteiger partial charge in [-0.1, -0.05) is 38.1 Å². The van der Waals surface area contributed by atoms with E-state index in [0.29, 0.717) is 19.0 Å². The van der Waals surface area contributed by atoms with E-state index < -0.39 is 0 Å². The van der Waals surface area contributed by atoms with Crippen molar-refractivity contribution in [3.63, 3.8) is 0 Å². The molecule has 27 heavy (non-hydrogen) atoms. The van der Waals surface area contributed by atoms with Crippen molar-refractivity contribution >= 4 is 24.2 Å². The lowest BCUT2D eigenvalue weighted by Crippen LogP contribution is -2.48. The van der Waals surface area contributed by atoms with E-state index in [2.05, 4.69) is 15.8 Å². The van der Waals surface area contributed by atoms with Gasteiger partial charge in [-0.05, 0) is 17.7 Å². The molecule has 148 valence electrons. The van der Waals surface area contributed by atoms with Gasteiger partial charge in [-0.25, -0.2) is 4.39 Å². The van der Waals surface area contributed by atoms with E-state index in [4.69, 9.17) is 4.52 Å². The van der Waals surface area contributed by atoms with Crippen molar-refractivity contribution in [3.05, 3.63) is 47.4 Å². The number of halogens is 2. The SMILES string of the molecule is CC(C)(C)c1cc(NC(=O)CN2CCNCC2c2cccc(F)c2)on1.Cl. The maximum absolute atomic E-state index is 13.6. The molecule has 1 unspecified atom stereocenters. The second-order valence-electron chi connectivity index (χ2n) is 7.62. The minimum Gasteiger partial charge on any atom is -0.338 e. The number of benzene rings is 1. The summed E-state index contributed by atoms with van der Waals surface area (Å²) in [5.74, 6) is -0.101. The lowest BCUT2D eigenvalue weighted by atomic mass is 9.92. The van der Waals surface area contributed by atoms with Crippen LogP contribution in [0.3, 0.4) is 0 Å². The Kier molecular flexibility index (Phi) is 6.97. The maximum Gasteiger partial charge on any atom is 0.240 e. The molecule has 0 spiro atoms. The van der Waals surface area contributed by atoms with Crippen LogP contribution in [0.1, 0.15) is 38.1 Å². The molecule has 8 heteroatoms. The highest BCUT2D eigenvalue weighted by molar-refractivity contribution is 5.91. The standard InChI is InChI=1S/C19H25FN4O2.ClH/c1-19(2,3)16-10-18(26-23-16)22-17(25)12-24-8-7-21-11-15(24)13-5-4-6-14(20)9-13;/h4-6,9-10,15,21H,7-8,11-12H2,1-3H3,(H,22,25);1H. The fourth-order valence-electron chi connectivity index (χ4n) is 3.03. The minimum atomic E-state index is -0.270. The zero-order valence-corrected chi connectivity index (χ0v) is 16.6. The van der Waals surface area contributed by atoms with E-state index in [1.54, 1.807) is 12.1 Å². The van der Waals surface area contributed by atoms with E-state index in [9.17, 15) is 9.18 Å². The first-order chi connectivity index (χ1) is 12.3. The average Bonchev–Trinajstić information content (AvgIpc) is 3.04. The monoisotopic (exact) mass is 396 g/mol. The molecule has 0 saturated carbocycles. The summed E-state index contributed by atoms with van der Waals surface area (Å²) in [6.07, 6.45) is 0. The maximum atomic E-state index is 13.6. The van der Waals surface area contributed by atoms with Crippen LogP contribution in [-0.4, -0.2) is 42.1 Å². The van der Waals surface area contributed by atoms with Crippen LogP contribution in [0, 0.1) is 5.82 Å². The average molecular weight is 397 g/mol. The number of nitrogens with one attached hydrogen (secondary N) is 2. The van der Waals surface area contributed by atoms with Gasteiger partial charge in [0.05, 0.1) is 12.2 Å². The van der Waals surface area contributed by atoms with Crippen molar-refractivity contribution in [2.45, 2.75) is 32.2 Å². The van der Waals surface area contributed by atoms with Crippen molar-refractivity contribution in [3.8, 4) is 0 Å². The normalized spacial score (nSPS) is 18.0. The smallest absolute Gasteiger partial charge is 0.240 e. The number of hydrogen-bond donors (Lipinski definition) is 2. The van der Waals surface area contributed by atoms with Crippen LogP contribution in [-0.2, 0) is 10.2 Å². The largest absolute Gasteiger partial charge is 0.338 e. The van der Waals surface area contributed by atoms with Crippen LogP contribution >= 0.6 is 12.4 Å². The lowest BCUT2D eigenvalue weighted by Gasteiger charge is -2.35. The first-order valence-electron chi connectivity index (χ1n) is 8.80. The van der Waals surface area contributed by atoms with E-state index in [1.165, 1.54) is 12.1 Å². The molecule has 1 fully saturated rings. The number of hydrogen-bond acceptors (Lipinski definition) is 5. The molecule has 6 nitrogen and oxygen atoms in total. The van der Waals surface area contributed by atoms with Gasteiger partial charge in [-0.3, -0.25) is 15.0 Å². The topological polar surface area (TPSA) is 70.4 Å². The van der Waals surface area contributed by atoms with Gasteiger partial charge in [0, 0.05) is 37.2 Å².